The van der Waals surface area contributed by atoms with Gasteiger partial charge in [0.2, 0.25) is 0 Å². The Labute approximate surface area is 84.4 Å². The van der Waals surface area contributed by atoms with Gasteiger partial charge < -0.3 is 14.6 Å². The van der Waals surface area contributed by atoms with Crippen molar-refractivity contribution in [2.24, 2.45) is 17.3 Å². The normalized spacial score (nSPS) is 58.3. The molecule has 1 heterocycles. The lowest BCUT2D eigenvalue weighted by Gasteiger charge is -2.21. The third-order valence-electron chi connectivity index (χ3n) is 4.32. The van der Waals surface area contributed by atoms with E-state index >= 15 is 0 Å². The fraction of sp³-hybridized carbons (Fsp3) is 1.00. The van der Waals surface area contributed by atoms with Gasteiger partial charge in [-0.1, -0.05) is 6.92 Å². The molecule has 0 aromatic rings. The van der Waals surface area contributed by atoms with Gasteiger partial charge in [0.1, 0.15) is 0 Å². The molecular formula is C11H18O3. The first kappa shape index (κ1) is 9.13. The minimum Gasteiger partial charge on any atom is -0.396 e. The minimum absolute atomic E-state index is 0.0395. The summed E-state index contributed by atoms with van der Waals surface area (Å²) in [6.45, 7) is 6.39. The third-order valence-corrected chi connectivity index (χ3v) is 4.32. The fourth-order valence-electron chi connectivity index (χ4n) is 3.51. The summed E-state index contributed by atoms with van der Waals surface area (Å²) in [5.74, 6) is 0.701. The molecule has 0 aromatic carbocycles. The van der Waals surface area contributed by atoms with Crippen molar-refractivity contribution in [2.75, 3.05) is 6.61 Å². The van der Waals surface area contributed by atoms with Crippen molar-refractivity contribution in [2.45, 2.75) is 45.2 Å². The Balaban J connectivity index is 1.91. The molecule has 3 heteroatoms. The number of aliphatic hydroxyl groups is 1. The van der Waals surface area contributed by atoms with Gasteiger partial charge in [0.05, 0.1) is 18.8 Å². The summed E-state index contributed by atoms with van der Waals surface area (Å²) < 4.78 is 11.8. The topological polar surface area (TPSA) is 38.7 Å². The van der Waals surface area contributed by atoms with E-state index in [9.17, 15) is 5.11 Å². The maximum atomic E-state index is 9.47. The summed E-state index contributed by atoms with van der Waals surface area (Å²) in [6.07, 6.45) is 1.45. The van der Waals surface area contributed by atoms with Crippen LogP contribution in [0.15, 0.2) is 0 Å². The molecule has 1 saturated heterocycles. The Kier molecular flexibility index (Phi) is 1.53. The molecule has 1 aliphatic heterocycles. The van der Waals surface area contributed by atoms with Crippen LogP contribution < -0.4 is 0 Å². The molecule has 3 nitrogen and oxygen atoms in total. The number of fused-ring (bicyclic) bond motifs is 3. The number of hydrogen-bond acceptors (Lipinski definition) is 3. The first-order valence-electron chi connectivity index (χ1n) is 5.47. The van der Waals surface area contributed by atoms with Crippen LogP contribution in [-0.2, 0) is 9.47 Å². The SMILES string of the molecule is C[C@@H]1[C@@H]2OC(C)(C)O[C@@H]2[C@]2(CO)C[C@H]12. The van der Waals surface area contributed by atoms with Crippen molar-refractivity contribution in [3.63, 3.8) is 0 Å². The molecule has 0 aromatic heterocycles. The lowest BCUT2D eigenvalue weighted by Crippen LogP contribution is -2.31. The average Bonchev–Trinajstić information content (AvgIpc) is 2.71. The monoisotopic (exact) mass is 198 g/mol. The Morgan fingerprint density at radius 2 is 2.07 bits per heavy atom. The van der Waals surface area contributed by atoms with E-state index in [0.717, 1.165) is 6.42 Å². The van der Waals surface area contributed by atoms with Gasteiger partial charge in [-0.25, -0.2) is 0 Å². The smallest absolute Gasteiger partial charge is 0.163 e. The van der Waals surface area contributed by atoms with Gasteiger partial charge >= 0.3 is 0 Å². The summed E-state index contributed by atoms with van der Waals surface area (Å²) in [5, 5.41) is 9.47. The quantitative estimate of drug-likeness (QED) is 0.687. The number of hydrogen-bond donors (Lipinski definition) is 1. The summed E-state index contributed by atoms with van der Waals surface area (Å²) >= 11 is 0. The Morgan fingerprint density at radius 1 is 1.36 bits per heavy atom. The molecule has 0 radical (unpaired) electrons. The summed E-state index contributed by atoms with van der Waals surface area (Å²) in [6, 6.07) is 0. The molecular weight excluding hydrogens is 180 g/mol. The van der Waals surface area contributed by atoms with Crippen molar-refractivity contribution in [3.05, 3.63) is 0 Å². The van der Waals surface area contributed by atoms with E-state index in [1.54, 1.807) is 0 Å². The van der Waals surface area contributed by atoms with Crippen LogP contribution in [0.4, 0.5) is 0 Å². The van der Waals surface area contributed by atoms with Gasteiger partial charge in [0.25, 0.3) is 0 Å². The second kappa shape index (κ2) is 2.34. The van der Waals surface area contributed by atoms with Gasteiger partial charge in [-0.05, 0) is 32.1 Å². The Bertz CT molecular complexity index is 276. The fourth-order valence-corrected chi connectivity index (χ4v) is 3.51. The van der Waals surface area contributed by atoms with Crippen LogP contribution >= 0.6 is 0 Å². The molecule has 3 fully saturated rings. The highest BCUT2D eigenvalue weighted by Crippen LogP contribution is 2.69. The molecule has 2 aliphatic carbocycles. The molecule has 3 rings (SSSR count). The maximum absolute atomic E-state index is 9.47. The van der Waals surface area contributed by atoms with Crippen LogP contribution in [0, 0.1) is 17.3 Å². The van der Waals surface area contributed by atoms with Crippen LogP contribution in [0.25, 0.3) is 0 Å². The van der Waals surface area contributed by atoms with Crippen LogP contribution in [0.1, 0.15) is 27.2 Å². The second-order valence-electron chi connectivity index (χ2n) is 5.58. The highest BCUT2D eigenvalue weighted by Gasteiger charge is 2.73. The first-order chi connectivity index (χ1) is 6.50. The number of aliphatic hydroxyl groups excluding tert-OH is 1. The van der Waals surface area contributed by atoms with Gasteiger partial charge in [-0.3, -0.25) is 0 Å². The first-order valence-corrected chi connectivity index (χ1v) is 5.47. The molecule has 1 N–H and O–H groups in total. The number of rotatable bonds is 1. The van der Waals surface area contributed by atoms with E-state index in [1.807, 2.05) is 13.8 Å². The lowest BCUT2D eigenvalue weighted by molar-refractivity contribution is -0.163. The molecule has 5 atom stereocenters. The highest BCUT2D eigenvalue weighted by molar-refractivity contribution is 5.20. The second-order valence-corrected chi connectivity index (χ2v) is 5.58. The van der Waals surface area contributed by atoms with E-state index in [2.05, 4.69) is 6.92 Å². The Hall–Kier alpha value is -0.120. The molecule has 14 heavy (non-hydrogen) atoms. The van der Waals surface area contributed by atoms with Crippen LogP contribution in [-0.4, -0.2) is 29.7 Å². The molecule has 0 spiro atoms. The predicted octanol–water partition coefficient (Wildman–Crippen LogP) is 1.15. The Morgan fingerprint density at radius 3 is 2.71 bits per heavy atom. The van der Waals surface area contributed by atoms with Gasteiger partial charge in [-0.15, -0.1) is 0 Å². The van der Waals surface area contributed by atoms with Gasteiger partial charge in [-0.2, -0.15) is 0 Å². The number of ether oxygens (including phenoxy) is 2. The van der Waals surface area contributed by atoms with E-state index in [4.69, 9.17) is 9.47 Å². The zero-order valence-corrected chi connectivity index (χ0v) is 8.99. The molecule has 0 unspecified atom stereocenters. The summed E-state index contributed by atoms with van der Waals surface area (Å²) in [5.41, 5.74) is 0.0395. The largest absolute Gasteiger partial charge is 0.396 e. The maximum Gasteiger partial charge on any atom is 0.163 e. The molecule has 0 bridgehead atoms. The molecule has 80 valence electrons. The van der Waals surface area contributed by atoms with Crippen molar-refractivity contribution >= 4 is 0 Å². The standard InChI is InChI=1S/C11H18O3/c1-6-7-4-11(7,5-12)9-8(6)13-10(2,3)14-9/h6-9,12H,4-5H2,1-3H3/t6-,7+,8-,9-,11-/m0/s1. The van der Waals surface area contributed by atoms with E-state index < -0.39 is 5.79 Å². The third kappa shape index (κ3) is 0.884. The van der Waals surface area contributed by atoms with Crippen LogP contribution in [0.5, 0.6) is 0 Å². The summed E-state index contributed by atoms with van der Waals surface area (Å²) in [7, 11) is 0. The van der Waals surface area contributed by atoms with Crippen LogP contribution in [0.2, 0.25) is 0 Å². The predicted molar refractivity (Wildman–Crippen MR) is 50.6 cm³/mol. The minimum atomic E-state index is -0.459. The van der Waals surface area contributed by atoms with Crippen molar-refractivity contribution in [1.82, 2.24) is 0 Å². The zero-order valence-electron chi connectivity index (χ0n) is 8.99. The molecule has 0 amide bonds. The average molecular weight is 198 g/mol. The van der Waals surface area contributed by atoms with Crippen molar-refractivity contribution in [3.8, 4) is 0 Å². The van der Waals surface area contributed by atoms with E-state index in [1.165, 1.54) is 0 Å². The zero-order chi connectivity index (χ0) is 10.1. The lowest BCUT2D eigenvalue weighted by atomic mass is 9.99. The molecule has 2 saturated carbocycles. The van der Waals surface area contributed by atoms with Crippen LogP contribution in [0.3, 0.4) is 0 Å². The van der Waals surface area contributed by atoms with Crippen molar-refractivity contribution < 1.29 is 14.6 Å². The van der Waals surface area contributed by atoms with Crippen molar-refractivity contribution in [1.29, 1.82) is 0 Å². The van der Waals surface area contributed by atoms with Gasteiger partial charge in [0, 0.05) is 5.41 Å². The van der Waals surface area contributed by atoms with E-state index in [-0.39, 0.29) is 24.2 Å². The van der Waals surface area contributed by atoms with Gasteiger partial charge in [0.15, 0.2) is 5.79 Å². The summed E-state index contributed by atoms with van der Waals surface area (Å²) in [4.78, 5) is 0. The highest BCUT2D eigenvalue weighted by atomic mass is 16.8. The van der Waals surface area contributed by atoms with E-state index in [0.29, 0.717) is 11.8 Å². The molecule has 3 aliphatic rings.